The second kappa shape index (κ2) is 5.66. The number of hydrogen-bond donors (Lipinski definition) is 1. The number of rotatable bonds is 3. The number of hydrogen-bond acceptors (Lipinski definition) is 4. The molecule has 0 fully saturated rings. The summed E-state index contributed by atoms with van der Waals surface area (Å²) in [5.74, 6) is -0.0480. The number of esters is 1. The lowest BCUT2D eigenvalue weighted by molar-refractivity contribution is -0.133. The molecule has 0 aliphatic carbocycles. The number of para-hydroxylation sites is 3. The van der Waals surface area contributed by atoms with E-state index in [4.69, 9.17) is 4.74 Å². The second-order valence-corrected chi connectivity index (χ2v) is 4.71. The predicted octanol–water partition coefficient (Wildman–Crippen LogP) is 2.05. The molecule has 0 saturated heterocycles. The van der Waals surface area contributed by atoms with Crippen LogP contribution in [-0.4, -0.2) is 25.0 Å². The summed E-state index contributed by atoms with van der Waals surface area (Å²) in [6.45, 7) is 0.167. The summed E-state index contributed by atoms with van der Waals surface area (Å²) in [5.41, 5.74) is 1.48. The van der Waals surface area contributed by atoms with Crippen molar-refractivity contribution in [3.8, 4) is 5.75 Å². The highest BCUT2D eigenvalue weighted by Crippen LogP contribution is 2.31. The molecule has 0 bridgehead atoms. The first-order valence-electron chi connectivity index (χ1n) is 6.62. The molecule has 0 saturated carbocycles. The summed E-state index contributed by atoms with van der Waals surface area (Å²) >= 11 is 0. The van der Waals surface area contributed by atoms with E-state index in [1.165, 1.54) is 0 Å². The van der Waals surface area contributed by atoms with Crippen LogP contribution in [0, 0.1) is 0 Å². The van der Waals surface area contributed by atoms with Gasteiger partial charge in [-0.3, -0.25) is 4.79 Å². The minimum atomic E-state index is -0.360. The highest BCUT2D eigenvalue weighted by Gasteiger charge is 2.25. The van der Waals surface area contributed by atoms with Gasteiger partial charge in [0.2, 0.25) is 5.91 Å². The molecule has 3 rings (SSSR count). The Balaban J connectivity index is 1.73. The van der Waals surface area contributed by atoms with Gasteiger partial charge in [-0.1, -0.05) is 30.3 Å². The van der Waals surface area contributed by atoms with Gasteiger partial charge in [-0.15, -0.1) is 0 Å². The number of nitrogens with one attached hydrogen (secondary N) is 1. The molecule has 0 spiro atoms. The molecule has 0 unspecified atom stereocenters. The maximum atomic E-state index is 12.1. The summed E-state index contributed by atoms with van der Waals surface area (Å²) < 4.78 is 5.15. The van der Waals surface area contributed by atoms with Crippen molar-refractivity contribution < 1.29 is 14.3 Å². The lowest BCUT2D eigenvalue weighted by Gasteiger charge is -2.29. The van der Waals surface area contributed by atoms with E-state index in [1.807, 2.05) is 42.5 Å². The van der Waals surface area contributed by atoms with Crippen LogP contribution in [0.2, 0.25) is 0 Å². The van der Waals surface area contributed by atoms with Gasteiger partial charge in [0, 0.05) is 5.69 Å². The number of fused-ring (bicyclic) bond motifs is 1. The van der Waals surface area contributed by atoms with Crippen LogP contribution in [0.5, 0.6) is 5.75 Å². The molecule has 0 radical (unpaired) electrons. The minimum Gasteiger partial charge on any atom is -0.423 e. The first-order chi connectivity index (χ1) is 10.2. The van der Waals surface area contributed by atoms with E-state index in [0.29, 0.717) is 5.75 Å². The largest absolute Gasteiger partial charge is 0.423 e. The van der Waals surface area contributed by atoms with Crippen LogP contribution in [0.1, 0.15) is 0 Å². The minimum absolute atomic E-state index is 0.0687. The Morgan fingerprint density at radius 1 is 1.10 bits per heavy atom. The lowest BCUT2D eigenvalue weighted by atomic mass is 10.2. The molecule has 106 valence electrons. The molecular weight excluding hydrogens is 268 g/mol. The molecule has 1 N–H and O–H groups in total. The summed E-state index contributed by atoms with van der Waals surface area (Å²) in [6.07, 6.45) is 0. The number of carbonyl (C=O) groups is 2. The summed E-state index contributed by atoms with van der Waals surface area (Å²) in [6, 6.07) is 16.4. The maximum absolute atomic E-state index is 12.1. The molecule has 5 heteroatoms. The van der Waals surface area contributed by atoms with E-state index in [-0.39, 0.29) is 25.0 Å². The number of nitrogens with zero attached hydrogens (tertiary/aromatic N) is 1. The summed E-state index contributed by atoms with van der Waals surface area (Å²) in [5, 5.41) is 2.80. The summed E-state index contributed by atoms with van der Waals surface area (Å²) in [7, 11) is 0. The normalized spacial score (nSPS) is 13.3. The van der Waals surface area contributed by atoms with Gasteiger partial charge in [0.05, 0.1) is 12.2 Å². The van der Waals surface area contributed by atoms with Crippen LogP contribution in [0.4, 0.5) is 11.4 Å². The van der Waals surface area contributed by atoms with Crippen molar-refractivity contribution in [2.75, 3.05) is 23.3 Å². The number of ether oxygens (including phenoxy) is 1. The van der Waals surface area contributed by atoms with Crippen LogP contribution >= 0.6 is 0 Å². The summed E-state index contributed by atoms with van der Waals surface area (Å²) in [4.78, 5) is 25.4. The van der Waals surface area contributed by atoms with Gasteiger partial charge in [-0.25, -0.2) is 4.79 Å². The molecule has 5 nitrogen and oxygen atoms in total. The van der Waals surface area contributed by atoms with Crippen LogP contribution in [0.3, 0.4) is 0 Å². The maximum Gasteiger partial charge on any atom is 0.331 e. The van der Waals surface area contributed by atoms with Crippen LogP contribution in [0.25, 0.3) is 0 Å². The average molecular weight is 282 g/mol. The second-order valence-electron chi connectivity index (χ2n) is 4.71. The smallest absolute Gasteiger partial charge is 0.331 e. The molecule has 2 aromatic carbocycles. The van der Waals surface area contributed by atoms with E-state index in [0.717, 1.165) is 11.4 Å². The zero-order valence-electron chi connectivity index (χ0n) is 11.3. The third-order valence-corrected chi connectivity index (χ3v) is 3.14. The first-order valence-corrected chi connectivity index (χ1v) is 6.62. The zero-order chi connectivity index (χ0) is 14.7. The van der Waals surface area contributed by atoms with Crippen LogP contribution < -0.4 is 15.0 Å². The molecule has 1 amide bonds. The molecule has 0 aromatic heterocycles. The SMILES string of the molecule is O=C(CN1CC(=O)Oc2ccccc21)Nc1ccccc1. The Hall–Kier alpha value is -2.82. The first kappa shape index (κ1) is 13.2. The third-order valence-electron chi connectivity index (χ3n) is 3.14. The standard InChI is InChI=1S/C16H14N2O3/c19-15(17-12-6-2-1-3-7-12)10-18-11-16(20)21-14-9-5-4-8-13(14)18/h1-9H,10-11H2,(H,17,19). The lowest BCUT2D eigenvalue weighted by Crippen LogP contribution is -2.41. The van der Waals surface area contributed by atoms with Crippen molar-refractivity contribution in [1.29, 1.82) is 0 Å². The fourth-order valence-corrected chi connectivity index (χ4v) is 2.24. The van der Waals surface area contributed by atoms with Crippen molar-refractivity contribution in [3.63, 3.8) is 0 Å². The van der Waals surface area contributed by atoms with E-state index in [2.05, 4.69) is 5.32 Å². The van der Waals surface area contributed by atoms with Crippen molar-refractivity contribution in [2.45, 2.75) is 0 Å². The molecule has 21 heavy (non-hydrogen) atoms. The fraction of sp³-hybridized carbons (Fsp3) is 0.125. The molecule has 0 atom stereocenters. The fourth-order valence-electron chi connectivity index (χ4n) is 2.24. The number of carbonyl (C=O) groups excluding carboxylic acids is 2. The van der Waals surface area contributed by atoms with Crippen LogP contribution in [-0.2, 0) is 9.59 Å². The highest BCUT2D eigenvalue weighted by atomic mass is 16.5. The van der Waals surface area contributed by atoms with Gasteiger partial charge in [0.25, 0.3) is 0 Å². The van der Waals surface area contributed by atoms with E-state index < -0.39 is 0 Å². The molecule has 2 aromatic rings. The molecule has 1 heterocycles. The third kappa shape index (κ3) is 3.02. The zero-order valence-corrected chi connectivity index (χ0v) is 11.3. The Kier molecular flexibility index (Phi) is 3.55. The Morgan fingerprint density at radius 3 is 2.62 bits per heavy atom. The van der Waals surface area contributed by atoms with Crippen molar-refractivity contribution >= 4 is 23.3 Å². The predicted molar refractivity (Wildman–Crippen MR) is 79.4 cm³/mol. The van der Waals surface area contributed by atoms with E-state index >= 15 is 0 Å². The number of benzene rings is 2. The average Bonchev–Trinajstić information content (AvgIpc) is 2.48. The quantitative estimate of drug-likeness (QED) is 0.691. The van der Waals surface area contributed by atoms with Crippen molar-refractivity contribution in [2.24, 2.45) is 0 Å². The van der Waals surface area contributed by atoms with Crippen LogP contribution in [0.15, 0.2) is 54.6 Å². The van der Waals surface area contributed by atoms with Crippen molar-refractivity contribution in [1.82, 2.24) is 0 Å². The molecular formula is C16H14N2O3. The monoisotopic (exact) mass is 282 g/mol. The van der Waals surface area contributed by atoms with Gasteiger partial charge >= 0.3 is 5.97 Å². The van der Waals surface area contributed by atoms with E-state index in [1.54, 1.807) is 17.0 Å². The van der Waals surface area contributed by atoms with Gasteiger partial charge in [0.15, 0.2) is 5.75 Å². The molecule has 1 aliphatic heterocycles. The van der Waals surface area contributed by atoms with Gasteiger partial charge in [0.1, 0.15) is 6.54 Å². The number of amides is 1. The van der Waals surface area contributed by atoms with E-state index in [9.17, 15) is 9.59 Å². The topological polar surface area (TPSA) is 58.6 Å². The van der Waals surface area contributed by atoms with Gasteiger partial charge in [-0.05, 0) is 24.3 Å². The molecule has 1 aliphatic rings. The van der Waals surface area contributed by atoms with Crippen molar-refractivity contribution in [3.05, 3.63) is 54.6 Å². The number of anilines is 2. The van der Waals surface area contributed by atoms with Gasteiger partial charge < -0.3 is 15.0 Å². The Bertz CT molecular complexity index is 670. The Morgan fingerprint density at radius 2 is 1.81 bits per heavy atom. The van der Waals surface area contributed by atoms with Gasteiger partial charge in [-0.2, -0.15) is 0 Å². The Labute approximate surface area is 122 Å². The highest BCUT2D eigenvalue weighted by molar-refractivity contribution is 5.96.